The van der Waals surface area contributed by atoms with E-state index < -0.39 is 63.7 Å². The molecule has 6 nitrogen and oxygen atoms in total. The van der Waals surface area contributed by atoms with Gasteiger partial charge in [-0.2, -0.15) is 31.4 Å². The molecule has 0 radical (unpaired) electrons. The van der Waals surface area contributed by atoms with Crippen molar-refractivity contribution < 1.29 is 36.2 Å². The number of aromatic nitrogens is 3. The number of hydrogen-bond donors (Lipinski definition) is 2. The molecule has 2 heterocycles. The minimum Gasteiger partial charge on any atom is -0.393 e. The first kappa shape index (κ1) is 21.5. The molecule has 2 aromatic rings. The van der Waals surface area contributed by atoms with Crippen molar-refractivity contribution in [3.63, 3.8) is 0 Å². The normalized spacial score (nSPS) is 33.0. The molecule has 0 saturated heterocycles. The first-order valence-electron chi connectivity index (χ1n) is 9.61. The summed E-state index contributed by atoms with van der Waals surface area (Å²) in [5.74, 6) is -3.37. The van der Waals surface area contributed by atoms with Crippen LogP contribution >= 0.6 is 11.6 Å². The summed E-state index contributed by atoms with van der Waals surface area (Å²) < 4.78 is 81.2. The van der Waals surface area contributed by atoms with Crippen molar-refractivity contribution in [2.75, 3.05) is 5.32 Å². The van der Waals surface area contributed by atoms with Gasteiger partial charge in [-0.25, -0.2) is 4.98 Å². The molecular weight excluding hydrogens is 466 g/mol. The molecule has 0 bridgehead atoms. The van der Waals surface area contributed by atoms with Gasteiger partial charge in [0.1, 0.15) is 5.82 Å². The number of carbonyl (C=O) groups is 1. The second-order valence-electron chi connectivity index (χ2n) is 8.53. The zero-order valence-corrected chi connectivity index (χ0v) is 16.9. The van der Waals surface area contributed by atoms with E-state index in [9.17, 15) is 36.2 Å². The Morgan fingerprint density at radius 2 is 1.94 bits per heavy atom. The Bertz CT molecular complexity index is 1130. The van der Waals surface area contributed by atoms with Crippen LogP contribution in [0, 0.1) is 23.7 Å². The Kier molecular flexibility index (Phi) is 4.28. The van der Waals surface area contributed by atoms with Crippen molar-refractivity contribution in [1.82, 2.24) is 14.8 Å². The highest BCUT2D eigenvalue weighted by Gasteiger charge is 2.88. The molecule has 0 aromatic carbocycles. The molecule has 2 aromatic heterocycles. The second-order valence-corrected chi connectivity index (χ2v) is 8.94. The fourth-order valence-electron chi connectivity index (χ4n) is 6.09. The maximum absolute atomic E-state index is 13.6. The number of aryl methyl sites for hydroxylation is 1. The van der Waals surface area contributed by atoms with Gasteiger partial charge in [0, 0.05) is 30.4 Å². The molecule has 172 valence electrons. The van der Waals surface area contributed by atoms with Crippen molar-refractivity contribution in [3.05, 3.63) is 40.3 Å². The van der Waals surface area contributed by atoms with E-state index in [-0.39, 0.29) is 23.8 Å². The maximum Gasteiger partial charge on any atom is 0.435 e. The van der Waals surface area contributed by atoms with E-state index in [1.807, 2.05) is 0 Å². The van der Waals surface area contributed by atoms with Crippen LogP contribution in [0.5, 0.6) is 0 Å². The van der Waals surface area contributed by atoms with Gasteiger partial charge >= 0.3 is 12.4 Å². The third-order valence-electron chi connectivity index (χ3n) is 6.97. The highest BCUT2D eigenvalue weighted by Crippen LogP contribution is 2.84. The largest absolute Gasteiger partial charge is 0.435 e. The zero-order valence-electron chi connectivity index (χ0n) is 16.2. The van der Waals surface area contributed by atoms with Crippen LogP contribution in [-0.4, -0.2) is 31.9 Å². The standard InChI is InChI=1S/C19H15ClF6N4O2/c1-30-5-8(15(29-30)19(24,25)26)17-12-6(2-10(31)14(12)17)13(17)16(32)28-11-3-7(18(21,22)23)9(20)4-27-11/h3-6,10,12-14,31H,2H2,1H3,(H,27,28,32)/t6-,10-,12?,13+,14+,17+/m1/s1. The topological polar surface area (TPSA) is 80.0 Å². The fraction of sp³-hybridized carbons (Fsp3) is 0.526. The minimum absolute atomic E-state index is 0.169. The molecule has 1 unspecified atom stereocenters. The monoisotopic (exact) mass is 480 g/mol. The number of hydrogen-bond acceptors (Lipinski definition) is 4. The summed E-state index contributed by atoms with van der Waals surface area (Å²) in [5, 5.41) is 15.5. The second kappa shape index (κ2) is 6.37. The summed E-state index contributed by atoms with van der Waals surface area (Å²) in [4.78, 5) is 16.8. The number of fused-ring (bicyclic) bond motifs is 1. The quantitative estimate of drug-likeness (QED) is 0.657. The molecule has 5 rings (SSSR count). The van der Waals surface area contributed by atoms with Crippen LogP contribution in [0.25, 0.3) is 0 Å². The van der Waals surface area contributed by atoms with Crippen LogP contribution < -0.4 is 5.32 Å². The van der Waals surface area contributed by atoms with Gasteiger partial charge in [-0.3, -0.25) is 9.48 Å². The molecule has 2 N–H and O–H groups in total. The van der Waals surface area contributed by atoms with E-state index in [2.05, 4.69) is 15.4 Å². The number of carbonyl (C=O) groups excluding carboxylic acids is 1. The van der Waals surface area contributed by atoms with E-state index in [0.29, 0.717) is 6.07 Å². The Labute approximate surface area is 181 Å². The number of nitrogens with zero attached hydrogens (tertiary/aromatic N) is 3. The van der Waals surface area contributed by atoms with E-state index in [1.165, 1.54) is 13.2 Å². The number of rotatable bonds is 3. The molecule has 32 heavy (non-hydrogen) atoms. The molecular formula is C19H15ClF6N4O2. The van der Waals surface area contributed by atoms with Crippen molar-refractivity contribution in [3.8, 4) is 0 Å². The molecule has 0 aliphatic heterocycles. The lowest BCUT2D eigenvalue weighted by Gasteiger charge is -2.45. The maximum atomic E-state index is 13.6. The third-order valence-corrected chi connectivity index (χ3v) is 7.27. The lowest BCUT2D eigenvalue weighted by atomic mass is 9.58. The van der Waals surface area contributed by atoms with Crippen LogP contribution in [0.4, 0.5) is 32.2 Å². The molecule has 0 spiro atoms. The van der Waals surface area contributed by atoms with Crippen molar-refractivity contribution in [2.24, 2.45) is 30.7 Å². The number of pyridine rings is 1. The lowest BCUT2D eigenvalue weighted by molar-refractivity contribution is -0.144. The Morgan fingerprint density at radius 3 is 2.53 bits per heavy atom. The first-order chi connectivity index (χ1) is 14.8. The number of alkyl halides is 6. The van der Waals surface area contributed by atoms with Crippen molar-refractivity contribution >= 4 is 23.3 Å². The van der Waals surface area contributed by atoms with Gasteiger partial charge < -0.3 is 10.4 Å². The van der Waals surface area contributed by atoms with E-state index in [4.69, 9.17) is 11.6 Å². The summed E-state index contributed by atoms with van der Waals surface area (Å²) in [6, 6.07) is 0.578. The van der Waals surface area contributed by atoms with Gasteiger partial charge in [-0.15, -0.1) is 0 Å². The van der Waals surface area contributed by atoms with E-state index in [1.54, 1.807) is 0 Å². The van der Waals surface area contributed by atoms with Crippen molar-refractivity contribution in [2.45, 2.75) is 30.3 Å². The first-order valence-corrected chi connectivity index (χ1v) is 9.98. The van der Waals surface area contributed by atoms with Crippen LogP contribution in [0.1, 0.15) is 23.2 Å². The smallest absolute Gasteiger partial charge is 0.393 e. The van der Waals surface area contributed by atoms with Gasteiger partial charge in [0.05, 0.1) is 22.6 Å². The average Bonchev–Trinajstić information content (AvgIpc) is 2.87. The SMILES string of the molecule is Cn1cc([C@@]23C4[C@@H](C[C@@H](O)[C@@H]42)[C@H]3C(=O)Nc2cc(C(F)(F)F)c(Cl)cn2)c(C(F)(F)F)n1. The number of amides is 1. The Morgan fingerprint density at radius 1 is 1.25 bits per heavy atom. The molecule has 3 aliphatic rings. The summed E-state index contributed by atoms with van der Waals surface area (Å²) in [6.07, 6.45) is -8.22. The summed E-state index contributed by atoms with van der Waals surface area (Å²) in [7, 11) is 1.32. The van der Waals surface area contributed by atoms with E-state index >= 15 is 0 Å². The minimum atomic E-state index is -4.78. The van der Waals surface area contributed by atoms with Crippen LogP contribution in [0.3, 0.4) is 0 Å². The highest BCUT2D eigenvalue weighted by atomic mass is 35.5. The zero-order chi connectivity index (χ0) is 23.4. The average molecular weight is 481 g/mol. The third kappa shape index (κ3) is 2.74. The molecule has 1 amide bonds. The summed E-state index contributed by atoms with van der Waals surface area (Å²) >= 11 is 5.54. The summed E-state index contributed by atoms with van der Waals surface area (Å²) in [6.45, 7) is 0. The molecule has 3 saturated carbocycles. The van der Waals surface area contributed by atoms with Crippen LogP contribution in [-0.2, 0) is 29.6 Å². The fourth-order valence-corrected chi connectivity index (χ4v) is 6.30. The van der Waals surface area contributed by atoms with E-state index in [0.717, 1.165) is 10.9 Å². The number of nitrogens with one attached hydrogen (secondary N) is 1. The van der Waals surface area contributed by atoms with Gasteiger partial charge in [-0.1, -0.05) is 11.6 Å². The molecule has 3 fully saturated rings. The van der Waals surface area contributed by atoms with Gasteiger partial charge in [0.15, 0.2) is 5.69 Å². The van der Waals surface area contributed by atoms with Gasteiger partial charge in [-0.05, 0) is 30.2 Å². The molecule has 3 aliphatic carbocycles. The van der Waals surface area contributed by atoms with Gasteiger partial charge in [0.2, 0.25) is 5.91 Å². The Balaban J connectivity index is 1.50. The molecule has 13 heteroatoms. The number of anilines is 1. The predicted molar refractivity (Wildman–Crippen MR) is 97.4 cm³/mol. The summed E-state index contributed by atoms with van der Waals surface area (Å²) in [5.41, 5.74) is -3.75. The number of aliphatic hydroxyl groups is 1. The van der Waals surface area contributed by atoms with Gasteiger partial charge in [0.25, 0.3) is 0 Å². The highest BCUT2D eigenvalue weighted by molar-refractivity contribution is 6.31. The molecule has 6 atom stereocenters. The van der Waals surface area contributed by atoms with Crippen LogP contribution in [0.15, 0.2) is 18.5 Å². The number of halogens is 7. The Hall–Kier alpha value is -2.34. The number of aliphatic hydroxyl groups excluding tert-OH is 1. The predicted octanol–water partition coefficient (Wildman–Crippen LogP) is 3.64. The van der Waals surface area contributed by atoms with Crippen LogP contribution in [0.2, 0.25) is 5.02 Å². The van der Waals surface area contributed by atoms with Crippen molar-refractivity contribution in [1.29, 1.82) is 0 Å². The lowest BCUT2D eigenvalue weighted by Crippen LogP contribution is -2.52.